The quantitative estimate of drug-likeness (QED) is 0.869. The van der Waals surface area contributed by atoms with E-state index in [1.54, 1.807) is 0 Å². The van der Waals surface area contributed by atoms with Gasteiger partial charge in [0, 0.05) is 23.7 Å². The minimum atomic E-state index is -0.545. The zero-order valence-corrected chi connectivity index (χ0v) is 11.5. The summed E-state index contributed by atoms with van der Waals surface area (Å²) in [5.41, 5.74) is 5.68. The molecule has 0 aliphatic carbocycles. The monoisotopic (exact) mass is 306 g/mol. The molecule has 1 unspecified atom stereocenters. The van der Waals surface area contributed by atoms with Crippen molar-refractivity contribution in [2.24, 2.45) is 5.73 Å². The van der Waals surface area contributed by atoms with Crippen LogP contribution in [0.15, 0.2) is 12.1 Å². The number of ether oxygens (including phenoxy) is 1. The van der Waals surface area contributed by atoms with E-state index in [0.29, 0.717) is 30.3 Å². The Morgan fingerprint density at radius 3 is 2.89 bits per heavy atom. The molecule has 0 aromatic heterocycles. The summed E-state index contributed by atoms with van der Waals surface area (Å²) in [5.74, 6) is -0.953. The van der Waals surface area contributed by atoms with E-state index < -0.39 is 17.8 Å². The summed E-state index contributed by atoms with van der Waals surface area (Å²) in [6.45, 7) is 1.61. The van der Waals surface area contributed by atoms with Crippen molar-refractivity contribution in [2.75, 3.05) is 26.2 Å². The van der Waals surface area contributed by atoms with Gasteiger partial charge in [0.1, 0.15) is 5.82 Å². The number of hydrogen-bond donors (Lipinski definition) is 1. The molecule has 4 nitrogen and oxygen atoms in total. The fourth-order valence-electron chi connectivity index (χ4n) is 2.04. The van der Waals surface area contributed by atoms with Gasteiger partial charge in [-0.15, -0.1) is 0 Å². The van der Waals surface area contributed by atoms with Crippen LogP contribution in [-0.4, -0.2) is 37.0 Å². The summed E-state index contributed by atoms with van der Waals surface area (Å²) in [5, 5.41) is 0.316. The third kappa shape index (κ3) is 3.57. The van der Waals surface area contributed by atoms with Gasteiger partial charge in [0.25, 0.3) is 0 Å². The van der Waals surface area contributed by atoms with Gasteiger partial charge < -0.3 is 10.5 Å². The average Bonchev–Trinajstić information content (AvgIpc) is 2.33. The highest BCUT2D eigenvalue weighted by Gasteiger charge is 2.25. The number of rotatable bonds is 3. The highest BCUT2D eigenvalue weighted by Crippen LogP contribution is 2.32. The number of nitrogens with zero attached hydrogens (tertiary/aromatic N) is 1. The number of benzene rings is 1. The van der Waals surface area contributed by atoms with Crippen LogP contribution in [0.3, 0.4) is 0 Å². The van der Waals surface area contributed by atoms with Crippen LogP contribution < -0.4 is 5.73 Å². The van der Waals surface area contributed by atoms with Crippen LogP contribution in [0, 0.1) is 5.82 Å². The lowest BCUT2D eigenvalue weighted by molar-refractivity contribution is -0.121. The summed E-state index contributed by atoms with van der Waals surface area (Å²) >= 11 is 11.7. The van der Waals surface area contributed by atoms with Gasteiger partial charge in [-0.3, -0.25) is 9.69 Å². The van der Waals surface area contributed by atoms with Crippen molar-refractivity contribution >= 4 is 29.1 Å². The molecule has 1 aliphatic heterocycles. The Hall–Kier alpha value is -0.880. The number of carbonyl (C=O) groups excluding carboxylic acids is 1. The van der Waals surface area contributed by atoms with Crippen molar-refractivity contribution in [3.63, 3.8) is 0 Å². The maximum atomic E-state index is 13.5. The van der Waals surface area contributed by atoms with Gasteiger partial charge in [0.15, 0.2) is 0 Å². The van der Waals surface area contributed by atoms with E-state index in [-0.39, 0.29) is 11.6 Å². The van der Waals surface area contributed by atoms with Crippen LogP contribution in [0.5, 0.6) is 0 Å². The molecule has 1 aromatic rings. The normalized spacial score (nSPS) is 20.5. The molecule has 0 bridgehead atoms. The average molecular weight is 307 g/mol. The second kappa shape index (κ2) is 6.05. The molecule has 7 heteroatoms. The fraction of sp³-hybridized carbons (Fsp3) is 0.417. The summed E-state index contributed by atoms with van der Waals surface area (Å²) in [6.07, 6.45) is -0.396. The number of morpholine rings is 1. The number of amides is 1. The Kier molecular flexibility index (Phi) is 4.62. The first kappa shape index (κ1) is 14.5. The Labute approximate surface area is 120 Å². The smallest absolute Gasteiger partial charge is 0.231 e. The van der Waals surface area contributed by atoms with E-state index in [0.717, 1.165) is 0 Å². The zero-order valence-electron chi connectivity index (χ0n) is 10.0. The standard InChI is InChI=1S/C12H13Cl2FN2O2/c13-8-4-9(14)10(15)3-7(8)11-5-17(1-2-19-11)6-12(16)18/h3-4,11H,1-2,5-6H2,(H2,16,18). The number of primary amides is 1. The predicted molar refractivity (Wildman–Crippen MR) is 70.7 cm³/mol. The van der Waals surface area contributed by atoms with Gasteiger partial charge in [-0.2, -0.15) is 0 Å². The molecule has 0 radical (unpaired) electrons. The Balaban J connectivity index is 2.17. The number of nitrogens with two attached hydrogens (primary N) is 1. The minimum Gasteiger partial charge on any atom is -0.371 e. The van der Waals surface area contributed by atoms with Crippen molar-refractivity contribution in [3.8, 4) is 0 Å². The second-order valence-electron chi connectivity index (χ2n) is 4.35. The molecule has 1 fully saturated rings. The molecular formula is C12H13Cl2FN2O2. The second-order valence-corrected chi connectivity index (χ2v) is 5.16. The lowest BCUT2D eigenvalue weighted by atomic mass is 10.1. The molecule has 1 atom stereocenters. The number of carbonyl (C=O) groups is 1. The largest absolute Gasteiger partial charge is 0.371 e. The van der Waals surface area contributed by atoms with E-state index in [4.69, 9.17) is 33.7 Å². The molecule has 1 heterocycles. The first-order chi connectivity index (χ1) is 8.97. The molecule has 1 aliphatic rings. The maximum absolute atomic E-state index is 13.5. The summed E-state index contributed by atoms with van der Waals surface area (Å²) < 4.78 is 19.1. The molecular weight excluding hydrogens is 294 g/mol. The molecule has 1 amide bonds. The van der Waals surface area contributed by atoms with Crippen LogP contribution in [0.2, 0.25) is 10.0 Å². The van der Waals surface area contributed by atoms with Crippen molar-refractivity contribution in [3.05, 3.63) is 33.6 Å². The molecule has 0 spiro atoms. The minimum absolute atomic E-state index is 0.0291. The van der Waals surface area contributed by atoms with Crippen molar-refractivity contribution < 1.29 is 13.9 Å². The highest BCUT2D eigenvalue weighted by molar-refractivity contribution is 6.35. The van der Waals surface area contributed by atoms with Crippen molar-refractivity contribution in [1.29, 1.82) is 0 Å². The molecule has 104 valence electrons. The SMILES string of the molecule is NC(=O)CN1CCOC(c2cc(F)c(Cl)cc2Cl)C1. The molecule has 2 rings (SSSR count). The van der Waals surface area contributed by atoms with E-state index >= 15 is 0 Å². The number of hydrogen-bond acceptors (Lipinski definition) is 3. The van der Waals surface area contributed by atoms with Gasteiger partial charge in [-0.1, -0.05) is 23.2 Å². The number of halogens is 3. The van der Waals surface area contributed by atoms with Crippen LogP contribution in [0.25, 0.3) is 0 Å². The third-order valence-electron chi connectivity index (χ3n) is 2.92. The topological polar surface area (TPSA) is 55.6 Å². The Bertz CT molecular complexity index is 499. The van der Waals surface area contributed by atoms with Crippen molar-refractivity contribution in [1.82, 2.24) is 4.90 Å². The van der Waals surface area contributed by atoms with E-state index in [2.05, 4.69) is 0 Å². The van der Waals surface area contributed by atoms with Gasteiger partial charge in [-0.25, -0.2) is 4.39 Å². The van der Waals surface area contributed by atoms with Crippen LogP contribution in [-0.2, 0) is 9.53 Å². The third-order valence-corrected chi connectivity index (χ3v) is 3.53. The summed E-state index contributed by atoms with van der Waals surface area (Å²) in [4.78, 5) is 12.8. The maximum Gasteiger partial charge on any atom is 0.231 e. The highest BCUT2D eigenvalue weighted by atomic mass is 35.5. The van der Waals surface area contributed by atoms with E-state index in [9.17, 15) is 9.18 Å². The molecule has 1 aromatic carbocycles. The van der Waals surface area contributed by atoms with E-state index in [1.807, 2.05) is 4.90 Å². The molecule has 1 saturated heterocycles. The summed E-state index contributed by atoms with van der Waals surface area (Å²) in [6, 6.07) is 2.62. The van der Waals surface area contributed by atoms with Crippen molar-refractivity contribution in [2.45, 2.75) is 6.10 Å². The lowest BCUT2D eigenvalue weighted by Gasteiger charge is -2.32. The molecule has 2 N–H and O–H groups in total. The predicted octanol–water partition coefficient (Wildman–Crippen LogP) is 1.99. The Morgan fingerprint density at radius 1 is 1.47 bits per heavy atom. The lowest BCUT2D eigenvalue weighted by Crippen LogP contribution is -2.42. The molecule has 19 heavy (non-hydrogen) atoms. The van der Waals surface area contributed by atoms with Crippen LogP contribution >= 0.6 is 23.2 Å². The molecule has 0 saturated carbocycles. The van der Waals surface area contributed by atoms with Crippen LogP contribution in [0.4, 0.5) is 4.39 Å². The first-order valence-electron chi connectivity index (χ1n) is 5.74. The van der Waals surface area contributed by atoms with E-state index in [1.165, 1.54) is 12.1 Å². The Morgan fingerprint density at radius 2 is 2.21 bits per heavy atom. The van der Waals surface area contributed by atoms with Crippen LogP contribution in [0.1, 0.15) is 11.7 Å². The van der Waals surface area contributed by atoms with Gasteiger partial charge in [0.2, 0.25) is 5.91 Å². The first-order valence-corrected chi connectivity index (χ1v) is 6.49. The zero-order chi connectivity index (χ0) is 14.0. The van der Waals surface area contributed by atoms with Gasteiger partial charge in [-0.05, 0) is 12.1 Å². The van der Waals surface area contributed by atoms with Gasteiger partial charge in [0.05, 0.1) is 24.3 Å². The summed E-state index contributed by atoms with van der Waals surface area (Å²) in [7, 11) is 0. The van der Waals surface area contributed by atoms with Gasteiger partial charge >= 0.3 is 0 Å². The fourth-order valence-corrected chi connectivity index (χ4v) is 2.54.